The summed E-state index contributed by atoms with van der Waals surface area (Å²) >= 11 is 1.54. The minimum absolute atomic E-state index is 0.651. The van der Waals surface area contributed by atoms with E-state index < -0.39 is 11.4 Å². The maximum Gasteiger partial charge on any atom is 0.315 e. The fourth-order valence-electron chi connectivity index (χ4n) is 2.04. The number of hydrogen-bond acceptors (Lipinski definition) is 5. The molecule has 0 amide bonds. The number of rotatable bonds is 3. The van der Waals surface area contributed by atoms with Crippen LogP contribution in [0.1, 0.15) is 26.0 Å². The third-order valence-corrected chi connectivity index (χ3v) is 4.56. The van der Waals surface area contributed by atoms with E-state index in [1.807, 2.05) is 5.38 Å². The Hall–Kier alpha value is -1.14. The first-order chi connectivity index (χ1) is 8.91. The van der Waals surface area contributed by atoms with E-state index in [1.165, 1.54) is 0 Å². The fraction of sp³-hybridized carbons (Fsp3) is 0.692. The Balaban J connectivity index is 2.14. The fourth-order valence-corrected chi connectivity index (χ4v) is 3.09. The van der Waals surface area contributed by atoms with Crippen molar-refractivity contribution < 1.29 is 9.90 Å². The van der Waals surface area contributed by atoms with Crippen LogP contribution >= 0.6 is 11.3 Å². The average Bonchev–Trinajstić information content (AvgIpc) is 2.74. The minimum Gasteiger partial charge on any atom is -0.481 e. The first-order valence-electron chi connectivity index (χ1n) is 6.54. The zero-order valence-corrected chi connectivity index (χ0v) is 12.5. The topological polar surface area (TPSA) is 56.7 Å². The van der Waals surface area contributed by atoms with Crippen LogP contribution in [0.15, 0.2) is 5.38 Å². The van der Waals surface area contributed by atoms with Crippen LogP contribution in [-0.4, -0.2) is 54.2 Å². The molecule has 19 heavy (non-hydrogen) atoms. The molecule has 0 aliphatic carbocycles. The summed E-state index contributed by atoms with van der Waals surface area (Å²) in [6.07, 6.45) is 1.12. The summed E-state index contributed by atoms with van der Waals surface area (Å²) < 4.78 is 0. The molecule has 0 radical (unpaired) electrons. The highest BCUT2D eigenvalue weighted by Crippen LogP contribution is 2.29. The molecule has 0 spiro atoms. The molecule has 0 atom stereocenters. The van der Waals surface area contributed by atoms with Gasteiger partial charge >= 0.3 is 5.97 Å². The molecule has 1 aromatic rings. The molecule has 0 unspecified atom stereocenters. The Kier molecular flexibility index (Phi) is 4.10. The number of thiazole rings is 1. The Bertz CT molecular complexity index is 458. The van der Waals surface area contributed by atoms with Gasteiger partial charge in [0, 0.05) is 25.0 Å². The molecule has 1 aliphatic rings. The van der Waals surface area contributed by atoms with Crippen molar-refractivity contribution in [3.63, 3.8) is 0 Å². The van der Waals surface area contributed by atoms with Gasteiger partial charge in [-0.15, -0.1) is 11.3 Å². The van der Waals surface area contributed by atoms with Crippen molar-refractivity contribution in [2.24, 2.45) is 0 Å². The van der Waals surface area contributed by atoms with Crippen molar-refractivity contribution in [1.82, 2.24) is 9.88 Å². The normalized spacial score (nSPS) is 18.4. The summed E-state index contributed by atoms with van der Waals surface area (Å²) in [6.45, 7) is 7.48. The van der Waals surface area contributed by atoms with Crippen LogP contribution in [0.2, 0.25) is 0 Å². The van der Waals surface area contributed by atoms with Crippen LogP contribution in [0.25, 0.3) is 0 Å². The van der Waals surface area contributed by atoms with Crippen LogP contribution < -0.4 is 4.90 Å². The van der Waals surface area contributed by atoms with Crippen molar-refractivity contribution in [2.75, 3.05) is 38.1 Å². The lowest BCUT2D eigenvalue weighted by Crippen LogP contribution is -2.30. The maximum atomic E-state index is 11.2. The van der Waals surface area contributed by atoms with Gasteiger partial charge < -0.3 is 14.9 Å². The molecule has 1 fully saturated rings. The lowest BCUT2D eigenvalue weighted by molar-refractivity contribution is -0.142. The number of carboxylic acid groups (broad SMARTS) is 1. The monoisotopic (exact) mass is 283 g/mol. The van der Waals surface area contributed by atoms with Gasteiger partial charge in [0.25, 0.3) is 0 Å². The van der Waals surface area contributed by atoms with Crippen LogP contribution in [0, 0.1) is 0 Å². The van der Waals surface area contributed by atoms with Crippen molar-refractivity contribution in [3.8, 4) is 0 Å². The highest BCUT2D eigenvalue weighted by molar-refractivity contribution is 7.13. The molecule has 0 aromatic carbocycles. The minimum atomic E-state index is -0.919. The van der Waals surface area contributed by atoms with Gasteiger partial charge in [0.1, 0.15) is 5.41 Å². The Morgan fingerprint density at radius 3 is 2.79 bits per heavy atom. The van der Waals surface area contributed by atoms with Crippen LogP contribution in [0.5, 0.6) is 0 Å². The number of carboxylic acids is 1. The van der Waals surface area contributed by atoms with Gasteiger partial charge in [-0.3, -0.25) is 4.79 Å². The molecular formula is C13H21N3O2S. The number of hydrogen-bond donors (Lipinski definition) is 1. The predicted octanol–water partition coefficient (Wildman–Crippen LogP) is 1.65. The number of aliphatic carboxylic acids is 1. The van der Waals surface area contributed by atoms with Gasteiger partial charge in [-0.1, -0.05) is 0 Å². The van der Waals surface area contributed by atoms with Crippen molar-refractivity contribution >= 4 is 22.4 Å². The largest absolute Gasteiger partial charge is 0.481 e. The molecular weight excluding hydrogens is 262 g/mol. The third-order valence-electron chi connectivity index (χ3n) is 3.66. The second-order valence-electron chi connectivity index (χ2n) is 5.59. The van der Waals surface area contributed by atoms with Gasteiger partial charge in [-0.25, -0.2) is 4.98 Å². The summed E-state index contributed by atoms with van der Waals surface area (Å²) in [5.74, 6) is -0.833. The number of anilines is 1. The zero-order valence-electron chi connectivity index (χ0n) is 11.7. The van der Waals surface area contributed by atoms with Crippen LogP contribution in [0.3, 0.4) is 0 Å². The van der Waals surface area contributed by atoms with Gasteiger partial charge in [0.15, 0.2) is 5.13 Å². The second kappa shape index (κ2) is 5.46. The molecule has 2 rings (SSSR count). The third kappa shape index (κ3) is 3.06. The Morgan fingerprint density at radius 1 is 1.37 bits per heavy atom. The van der Waals surface area contributed by atoms with E-state index in [0.717, 1.165) is 37.7 Å². The molecule has 0 bridgehead atoms. The van der Waals surface area contributed by atoms with Crippen LogP contribution in [0.4, 0.5) is 5.13 Å². The highest BCUT2D eigenvalue weighted by atomic mass is 32.1. The van der Waals surface area contributed by atoms with E-state index >= 15 is 0 Å². The molecule has 1 aliphatic heterocycles. The lowest BCUT2D eigenvalue weighted by atomic mass is 9.90. The van der Waals surface area contributed by atoms with Crippen molar-refractivity contribution in [2.45, 2.75) is 25.7 Å². The Labute approximate surface area is 117 Å². The van der Waals surface area contributed by atoms with E-state index in [9.17, 15) is 9.90 Å². The first-order valence-corrected chi connectivity index (χ1v) is 7.42. The molecule has 1 saturated heterocycles. The molecule has 5 nitrogen and oxygen atoms in total. The molecule has 6 heteroatoms. The quantitative estimate of drug-likeness (QED) is 0.914. The summed E-state index contributed by atoms with van der Waals surface area (Å²) in [4.78, 5) is 20.4. The van der Waals surface area contributed by atoms with Crippen molar-refractivity contribution in [1.29, 1.82) is 0 Å². The van der Waals surface area contributed by atoms with Crippen LogP contribution in [-0.2, 0) is 10.2 Å². The number of aromatic nitrogens is 1. The van der Waals surface area contributed by atoms with E-state index in [1.54, 1.807) is 25.2 Å². The van der Waals surface area contributed by atoms with E-state index in [-0.39, 0.29) is 0 Å². The van der Waals surface area contributed by atoms with Gasteiger partial charge in [0.2, 0.25) is 0 Å². The molecule has 106 valence electrons. The zero-order chi connectivity index (χ0) is 14.0. The van der Waals surface area contributed by atoms with Gasteiger partial charge in [-0.05, 0) is 33.9 Å². The van der Waals surface area contributed by atoms with Gasteiger partial charge in [0.05, 0.1) is 5.69 Å². The van der Waals surface area contributed by atoms with Gasteiger partial charge in [-0.2, -0.15) is 0 Å². The number of likely N-dealkylation sites (N-methyl/N-ethyl adjacent to an activating group) is 1. The Morgan fingerprint density at radius 2 is 2.11 bits per heavy atom. The average molecular weight is 283 g/mol. The SMILES string of the molecule is CN1CCCN(c2nc(C(C)(C)C(=O)O)cs2)CC1. The second-order valence-corrected chi connectivity index (χ2v) is 6.43. The molecule has 1 N–H and O–H groups in total. The summed E-state index contributed by atoms with van der Waals surface area (Å²) in [6, 6.07) is 0. The first kappa shape index (κ1) is 14.3. The van der Waals surface area contributed by atoms with E-state index in [4.69, 9.17) is 0 Å². The highest BCUT2D eigenvalue weighted by Gasteiger charge is 2.32. The van der Waals surface area contributed by atoms with E-state index in [2.05, 4.69) is 21.8 Å². The molecule has 1 aromatic heterocycles. The standard InChI is InChI=1S/C13H21N3O2S/c1-13(2,11(17)18)10-9-19-12(14-10)16-6-4-5-15(3)7-8-16/h9H,4-8H2,1-3H3,(H,17,18). The van der Waals surface area contributed by atoms with E-state index in [0.29, 0.717) is 5.69 Å². The molecule has 2 heterocycles. The van der Waals surface area contributed by atoms with Crippen molar-refractivity contribution in [3.05, 3.63) is 11.1 Å². The lowest BCUT2D eigenvalue weighted by Gasteiger charge is -2.20. The molecule has 0 saturated carbocycles. The maximum absolute atomic E-state index is 11.2. The summed E-state index contributed by atoms with van der Waals surface area (Å²) in [5.41, 5.74) is -0.269. The number of carbonyl (C=O) groups is 1. The smallest absolute Gasteiger partial charge is 0.315 e. The summed E-state index contributed by atoms with van der Waals surface area (Å²) in [7, 11) is 2.13. The number of nitrogens with zero attached hydrogens (tertiary/aromatic N) is 3. The summed E-state index contributed by atoms with van der Waals surface area (Å²) in [5, 5.41) is 12.1. The predicted molar refractivity (Wildman–Crippen MR) is 77.1 cm³/mol.